The molecule has 8 heteroatoms. The third-order valence-electron chi connectivity index (χ3n) is 4.90. The van der Waals surface area contributed by atoms with Gasteiger partial charge in [0.15, 0.2) is 5.65 Å². The Morgan fingerprint density at radius 3 is 2.83 bits per heavy atom. The summed E-state index contributed by atoms with van der Waals surface area (Å²) in [6.07, 6.45) is 3.55. The van der Waals surface area contributed by atoms with Crippen LogP contribution in [-0.2, 0) is 13.1 Å². The molecule has 0 aliphatic carbocycles. The van der Waals surface area contributed by atoms with Gasteiger partial charge >= 0.3 is 5.69 Å². The van der Waals surface area contributed by atoms with Gasteiger partial charge in [-0.1, -0.05) is 12.1 Å². The predicted molar refractivity (Wildman–Crippen MR) is 114 cm³/mol. The van der Waals surface area contributed by atoms with Crippen molar-refractivity contribution in [3.05, 3.63) is 80.9 Å². The van der Waals surface area contributed by atoms with E-state index in [2.05, 4.69) is 55.1 Å². The van der Waals surface area contributed by atoms with Crippen molar-refractivity contribution in [3.8, 4) is 11.1 Å². The Morgan fingerprint density at radius 2 is 2.03 bits per heavy atom. The summed E-state index contributed by atoms with van der Waals surface area (Å²) in [6.45, 7) is 3.16. The molecule has 0 saturated heterocycles. The van der Waals surface area contributed by atoms with Crippen molar-refractivity contribution in [1.82, 2.24) is 29.9 Å². The topological polar surface area (TPSA) is 88.0 Å². The smallest absolute Gasteiger partial charge is 0.307 e. The molecule has 7 nitrogen and oxygen atoms in total. The summed E-state index contributed by atoms with van der Waals surface area (Å²) in [5.41, 5.74) is 6.29. The van der Waals surface area contributed by atoms with E-state index in [-0.39, 0.29) is 5.69 Å². The molecule has 0 bridgehead atoms. The number of benzene rings is 1. The lowest BCUT2D eigenvalue weighted by atomic mass is 10.0. The minimum Gasteiger partial charge on any atom is -0.307 e. The number of aryl methyl sites for hydroxylation is 1. The maximum atomic E-state index is 12.3. The van der Waals surface area contributed by atoms with E-state index in [1.165, 1.54) is 0 Å². The second-order valence-corrected chi connectivity index (χ2v) is 7.67. The first-order valence-electron chi connectivity index (χ1n) is 9.22. The van der Waals surface area contributed by atoms with Gasteiger partial charge in [-0.2, -0.15) is 16.4 Å². The van der Waals surface area contributed by atoms with Crippen LogP contribution in [-0.4, -0.2) is 24.6 Å². The first kappa shape index (κ1) is 17.7. The summed E-state index contributed by atoms with van der Waals surface area (Å²) in [6, 6.07) is 10.2. The highest BCUT2D eigenvalue weighted by molar-refractivity contribution is 7.08. The summed E-state index contributed by atoms with van der Waals surface area (Å²) in [7, 11) is 0. The van der Waals surface area contributed by atoms with Crippen molar-refractivity contribution in [3.63, 3.8) is 0 Å². The fourth-order valence-electron chi connectivity index (χ4n) is 3.45. The minimum absolute atomic E-state index is 0.234. The van der Waals surface area contributed by atoms with Crippen molar-refractivity contribution in [2.24, 2.45) is 0 Å². The maximum absolute atomic E-state index is 12.3. The van der Waals surface area contributed by atoms with Gasteiger partial charge in [-0.15, -0.1) is 0 Å². The lowest BCUT2D eigenvalue weighted by Crippen LogP contribution is -2.16. The van der Waals surface area contributed by atoms with Crippen LogP contribution in [0.15, 0.2) is 58.3 Å². The summed E-state index contributed by atoms with van der Waals surface area (Å²) >= 11 is 1.65. The average Bonchev–Trinajstić information content (AvgIpc) is 3.39. The zero-order valence-corrected chi connectivity index (χ0v) is 16.5. The molecule has 4 heterocycles. The molecule has 4 aromatic heterocycles. The standard InChI is InChI=1S/C21H18N6OS/c1-13-8-24-17(11-23-13)10-22-9-16-7-20-25-26-21(28)27(20)19-6-14(2-3-18(16)19)15-4-5-29-12-15/h2-8,11-12,22H,9-10H2,1H3,(H,26,28). The lowest BCUT2D eigenvalue weighted by Gasteiger charge is -2.11. The highest BCUT2D eigenvalue weighted by Crippen LogP contribution is 2.28. The minimum atomic E-state index is -0.234. The number of aromatic amines is 1. The van der Waals surface area contributed by atoms with Gasteiger partial charge in [0.05, 0.1) is 16.9 Å². The van der Waals surface area contributed by atoms with Crippen molar-refractivity contribution >= 4 is 27.9 Å². The van der Waals surface area contributed by atoms with E-state index in [0.29, 0.717) is 18.7 Å². The van der Waals surface area contributed by atoms with Crippen LogP contribution in [0.2, 0.25) is 0 Å². The van der Waals surface area contributed by atoms with E-state index in [9.17, 15) is 4.79 Å². The number of hydrogen-bond donors (Lipinski definition) is 2. The van der Waals surface area contributed by atoms with Crippen LogP contribution >= 0.6 is 11.3 Å². The van der Waals surface area contributed by atoms with Gasteiger partial charge in [0.2, 0.25) is 0 Å². The van der Waals surface area contributed by atoms with Crippen molar-refractivity contribution in [2.75, 3.05) is 0 Å². The van der Waals surface area contributed by atoms with Gasteiger partial charge in [-0.25, -0.2) is 14.3 Å². The predicted octanol–water partition coefficient (Wildman–Crippen LogP) is 3.29. The van der Waals surface area contributed by atoms with Crippen LogP contribution < -0.4 is 11.0 Å². The van der Waals surface area contributed by atoms with Gasteiger partial charge in [-0.3, -0.25) is 9.97 Å². The summed E-state index contributed by atoms with van der Waals surface area (Å²) < 4.78 is 1.63. The third-order valence-corrected chi connectivity index (χ3v) is 5.58. The van der Waals surface area contributed by atoms with Crippen LogP contribution in [0.5, 0.6) is 0 Å². The molecule has 5 aromatic rings. The molecule has 5 rings (SSSR count). The number of nitrogens with zero attached hydrogens (tertiary/aromatic N) is 4. The normalized spacial score (nSPS) is 11.5. The quantitative estimate of drug-likeness (QED) is 0.471. The molecule has 0 unspecified atom stereocenters. The Hall–Kier alpha value is -3.36. The molecule has 144 valence electrons. The largest absolute Gasteiger partial charge is 0.348 e. The molecule has 0 aliphatic rings. The Morgan fingerprint density at radius 1 is 1.10 bits per heavy atom. The molecule has 2 N–H and O–H groups in total. The molecule has 0 atom stereocenters. The second-order valence-electron chi connectivity index (χ2n) is 6.89. The van der Waals surface area contributed by atoms with Gasteiger partial charge in [0.1, 0.15) is 0 Å². The summed E-state index contributed by atoms with van der Waals surface area (Å²) in [4.78, 5) is 21.0. The fourth-order valence-corrected chi connectivity index (χ4v) is 4.12. The van der Waals surface area contributed by atoms with Gasteiger partial charge in [0, 0.05) is 30.9 Å². The Labute approximate surface area is 170 Å². The SMILES string of the molecule is Cc1cnc(CNCc2cc3n[nH]c(=O)n3c3cc(-c4ccsc4)ccc23)cn1. The molecule has 0 spiro atoms. The number of rotatable bonds is 5. The number of H-pyrrole nitrogens is 1. The highest BCUT2D eigenvalue weighted by Gasteiger charge is 2.12. The van der Waals surface area contributed by atoms with E-state index in [1.54, 1.807) is 28.1 Å². The van der Waals surface area contributed by atoms with Crippen LogP contribution in [0, 0.1) is 6.92 Å². The van der Waals surface area contributed by atoms with E-state index in [1.807, 2.05) is 18.4 Å². The highest BCUT2D eigenvalue weighted by atomic mass is 32.1. The van der Waals surface area contributed by atoms with Gasteiger partial charge in [-0.05, 0) is 52.6 Å². The van der Waals surface area contributed by atoms with Crippen LogP contribution in [0.1, 0.15) is 17.0 Å². The Bertz CT molecular complexity index is 1350. The van der Waals surface area contributed by atoms with Crippen LogP contribution in [0.3, 0.4) is 0 Å². The fraction of sp³-hybridized carbons (Fsp3) is 0.143. The van der Waals surface area contributed by atoms with E-state index in [0.717, 1.165) is 39.0 Å². The number of nitrogens with one attached hydrogen (secondary N) is 2. The van der Waals surface area contributed by atoms with Gasteiger partial charge in [0.25, 0.3) is 0 Å². The second kappa shape index (κ2) is 7.23. The van der Waals surface area contributed by atoms with Crippen molar-refractivity contribution < 1.29 is 0 Å². The molecule has 0 fully saturated rings. The van der Waals surface area contributed by atoms with E-state index < -0.39 is 0 Å². The number of aromatic nitrogens is 5. The monoisotopic (exact) mass is 402 g/mol. The third kappa shape index (κ3) is 3.32. The van der Waals surface area contributed by atoms with Crippen molar-refractivity contribution in [2.45, 2.75) is 20.0 Å². The zero-order valence-electron chi connectivity index (χ0n) is 15.7. The number of fused-ring (bicyclic) bond motifs is 3. The Balaban J connectivity index is 1.54. The van der Waals surface area contributed by atoms with E-state index >= 15 is 0 Å². The van der Waals surface area contributed by atoms with E-state index in [4.69, 9.17) is 0 Å². The molecular weight excluding hydrogens is 384 g/mol. The van der Waals surface area contributed by atoms with Gasteiger partial charge < -0.3 is 5.32 Å². The van der Waals surface area contributed by atoms with Crippen molar-refractivity contribution in [1.29, 1.82) is 0 Å². The first-order chi connectivity index (χ1) is 14.2. The van der Waals surface area contributed by atoms with Crippen LogP contribution in [0.4, 0.5) is 0 Å². The molecule has 29 heavy (non-hydrogen) atoms. The number of thiophene rings is 1. The molecular formula is C21H18N6OS. The maximum Gasteiger partial charge on any atom is 0.348 e. The summed E-state index contributed by atoms with van der Waals surface area (Å²) in [5, 5.41) is 15.3. The molecule has 0 saturated carbocycles. The average molecular weight is 402 g/mol. The lowest BCUT2D eigenvalue weighted by molar-refractivity contribution is 0.678. The summed E-state index contributed by atoms with van der Waals surface area (Å²) in [5.74, 6) is 0. The molecule has 0 aliphatic heterocycles. The molecule has 0 radical (unpaired) electrons. The molecule has 0 amide bonds. The number of hydrogen-bond acceptors (Lipinski definition) is 6. The zero-order chi connectivity index (χ0) is 19.8. The Kier molecular flexibility index (Phi) is 4.42. The first-order valence-corrected chi connectivity index (χ1v) is 10.2. The number of pyridine rings is 1. The molecule has 1 aromatic carbocycles. The van der Waals surface area contributed by atoms with Crippen LogP contribution in [0.25, 0.3) is 27.7 Å².